The molecule has 1 rings (SSSR count). The van der Waals surface area contributed by atoms with Gasteiger partial charge in [0.15, 0.2) is 0 Å². The Morgan fingerprint density at radius 2 is 2.14 bits per heavy atom. The van der Waals surface area contributed by atoms with E-state index in [-0.39, 0.29) is 5.92 Å². The van der Waals surface area contributed by atoms with Crippen LogP contribution in [0, 0.1) is 9.49 Å². The molecule has 3 heteroatoms. The van der Waals surface area contributed by atoms with Crippen molar-refractivity contribution in [1.82, 2.24) is 0 Å². The molecule has 0 spiro atoms. The second-order valence-corrected chi connectivity index (χ2v) is 5.07. The number of rotatable bonds is 3. The lowest BCUT2D eigenvalue weighted by molar-refractivity contribution is 0.115. The molecule has 0 aliphatic heterocycles. The summed E-state index contributed by atoms with van der Waals surface area (Å²) in [6, 6.07) is 5.72. The first-order valence-corrected chi connectivity index (χ1v) is 6.15. The van der Waals surface area contributed by atoms with Crippen LogP contribution < -0.4 is 0 Å². The third kappa shape index (κ3) is 2.84. The van der Waals surface area contributed by atoms with Crippen LogP contribution in [0.25, 0.3) is 0 Å². The first kappa shape index (κ1) is 12.3. The molecule has 14 heavy (non-hydrogen) atoms. The summed E-state index contributed by atoms with van der Waals surface area (Å²) in [5.41, 5.74) is 0.907. The van der Waals surface area contributed by atoms with E-state index in [1.54, 1.807) is 0 Å². The molecule has 0 aliphatic rings. The lowest BCUT2D eigenvalue weighted by Crippen LogP contribution is -2.08. The predicted molar refractivity (Wildman–Crippen MR) is 68.6 cm³/mol. The summed E-state index contributed by atoms with van der Waals surface area (Å²) in [4.78, 5) is 0. The fraction of sp³-hybridized carbons (Fsp3) is 0.455. The maximum Gasteiger partial charge on any atom is 0.0815 e. The molecular formula is C11H14ClIO. The van der Waals surface area contributed by atoms with Crippen LogP contribution in [0.2, 0.25) is 5.02 Å². The summed E-state index contributed by atoms with van der Waals surface area (Å²) < 4.78 is 1.02. The Kier molecular flexibility index (Phi) is 4.67. The average molecular weight is 325 g/mol. The molecule has 1 aromatic rings. The Morgan fingerprint density at radius 3 is 2.64 bits per heavy atom. The molecule has 0 aliphatic carbocycles. The van der Waals surface area contributed by atoms with Crippen LogP contribution in [0.4, 0.5) is 0 Å². The van der Waals surface area contributed by atoms with Crippen molar-refractivity contribution in [2.24, 2.45) is 5.92 Å². The van der Waals surface area contributed by atoms with Gasteiger partial charge >= 0.3 is 0 Å². The fourth-order valence-electron chi connectivity index (χ4n) is 1.25. The Balaban J connectivity index is 2.91. The van der Waals surface area contributed by atoms with Crippen molar-refractivity contribution < 1.29 is 5.11 Å². The van der Waals surface area contributed by atoms with Crippen molar-refractivity contribution in [2.45, 2.75) is 26.4 Å². The van der Waals surface area contributed by atoms with Crippen molar-refractivity contribution in [3.8, 4) is 0 Å². The molecule has 0 heterocycles. The van der Waals surface area contributed by atoms with Crippen LogP contribution in [0.1, 0.15) is 31.9 Å². The first-order valence-electron chi connectivity index (χ1n) is 4.69. The average Bonchev–Trinajstić information content (AvgIpc) is 2.20. The van der Waals surface area contributed by atoms with E-state index in [1.807, 2.05) is 25.1 Å². The molecule has 0 bridgehead atoms. The Labute approximate surface area is 104 Å². The molecule has 1 aromatic carbocycles. The minimum Gasteiger partial charge on any atom is -0.388 e. The number of aliphatic hydroxyl groups is 1. The topological polar surface area (TPSA) is 20.2 Å². The van der Waals surface area contributed by atoms with Crippen LogP contribution in [-0.2, 0) is 0 Å². The third-order valence-corrected chi connectivity index (χ3v) is 4.04. The standard InChI is InChI=1S/C11H14ClIO/c1-3-7(2)11(14)8-4-5-10(13)9(12)6-8/h4-7,11,14H,3H2,1-2H3. The van der Waals surface area contributed by atoms with E-state index in [0.29, 0.717) is 5.02 Å². The second kappa shape index (κ2) is 5.33. The van der Waals surface area contributed by atoms with Gasteiger partial charge in [0, 0.05) is 3.57 Å². The van der Waals surface area contributed by atoms with Crippen molar-refractivity contribution in [3.63, 3.8) is 0 Å². The highest BCUT2D eigenvalue weighted by molar-refractivity contribution is 14.1. The van der Waals surface area contributed by atoms with Crippen molar-refractivity contribution in [1.29, 1.82) is 0 Å². The van der Waals surface area contributed by atoms with Gasteiger partial charge < -0.3 is 5.11 Å². The molecule has 0 aromatic heterocycles. The largest absolute Gasteiger partial charge is 0.388 e. The fourth-order valence-corrected chi connectivity index (χ4v) is 1.77. The lowest BCUT2D eigenvalue weighted by Gasteiger charge is -2.17. The molecule has 78 valence electrons. The van der Waals surface area contributed by atoms with Gasteiger partial charge in [0.2, 0.25) is 0 Å². The molecule has 2 unspecified atom stereocenters. The Bertz CT molecular complexity index is 314. The molecule has 1 N–H and O–H groups in total. The van der Waals surface area contributed by atoms with E-state index in [4.69, 9.17) is 11.6 Å². The van der Waals surface area contributed by atoms with Crippen molar-refractivity contribution >= 4 is 34.2 Å². The van der Waals surface area contributed by atoms with Gasteiger partial charge in [-0.25, -0.2) is 0 Å². The maximum atomic E-state index is 9.94. The van der Waals surface area contributed by atoms with Gasteiger partial charge in [-0.05, 0) is 46.2 Å². The van der Waals surface area contributed by atoms with Crippen LogP contribution >= 0.6 is 34.2 Å². The van der Waals surface area contributed by atoms with Gasteiger partial charge in [-0.15, -0.1) is 0 Å². The highest BCUT2D eigenvalue weighted by Gasteiger charge is 2.15. The molecule has 0 fully saturated rings. The van der Waals surface area contributed by atoms with E-state index in [0.717, 1.165) is 15.6 Å². The van der Waals surface area contributed by atoms with Gasteiger partial charge in [0.25, 0.3) is 0 Å². The van der Waals surface area contributed by atoms with Gasteiger partial charge in [0.05, 0.1) is 11.1 Å². The minimum atomic E-state index is -0.408. The number of halogens is 2. The maximum absolute atomic E-state index is 9.94. The van der Waals surface area contributed by atoms with E-state index < -0.39 is 6.10 Å². The molecule has 0 amide bonds. The normalized spacial score (nSPS) is 15.2. The van der Waals surface area contributed by atoms with Gasteiger partial charge in [0.1, 0.15) is 0 Å². The zero-order valence-electron chi connectivity index (χ0n) is 8.30. The number of hydrogen-bond donors (Lipinski definition) is 1. The van der Waals surface area contributed by atoms with E-state index >= 15 is 0 Å². The van der Waals surface area contributed by atoms with Gasteiger partial charge in [-0.3, -0.25) is 0 Å². The molecule has 2 atom stereocenters. The predicted octanol–water partition coefficient (Wildman–Crippen LogP) is 4.02. The quantitative estimate of drug-likeness (QED) is 0.833. The third-order valence-electron chi connectivity index (χ3n) is 2.47. The number of aliphatic hydroxyl groups excluding tert-OH is 1. The van der Waals surface area contributed by atoms with Crippen LogP contribution in [-0.4, -0.2) is 5.11 Å². The second-order valence-electron chi connectivity index (χ2n) is 3.50. The van der Waals surface area contributed by atoms with E-state index in [1.165, 1.54) is 0 Å². The lowest BCUT2D eigenvalue weighted by atomic mass is 9.95. The van der Waals surface area contributed by atoms with Crippen LogP contribution in [0.15, 0.2) is 18.2 Å². The molecule has 0 saturated heterocycles. The summed E-state index contributed by atoms with van der Waals surface area (Å²) in [7, 11) is 0. The van der Waals surface area contributed by atoms with Crippen molar-refractivity contribution in [3.05, 3.63) is 32.4 Å². The zero-order chi connectivity index (χ0) is 10.7. The zero-order valence-corrected chi connectivity index (χ0v) is 11.2. The minimum absolute atomic E-state index is 0.270. The van der Waals surface area contributed by atoms with Gasteiger partial charge in [-0.1, -0.05) is 37.9 Å². The summed E-state index contributed by atoms with van der Waals surface area (Å²) in [5.74, 6) is 0.270. The summed E-state index contributed by atoms with van der Waals surface area (Å²) in [6.45, 7) is 4.11. The monoisotopic (exact) mass is 324 g/mol. The van der Waals surface area contributed by atoms with Crippen LogP contribution in [0.5, 0.6) is 0 Å². The summed E-state index contributed by atoms with van der Waals surface area (Å²) in [5, 5.41) is 10.7. The molecular weight excluding hydrogens is 310 g/mol. The molecule has 1 nitrogen and oxygen atoms in total. The van der Waals surface area contributed by atoms with Gasteiger partial charge in [-0.2, -0.15) is 0 Å². The number of benzene rings is 1. The number of hydrogen-bond acceptors (Lipinski definition) is 1. The first-order chi connectivity index (χ1) is 6.56. The summed E-state index contributed by atoms with van der Waals surface area (Å²) >= 11 is 8.16. The Hall–Kier alpha value is 0.200. The highest BCUT2D eigenvalue weighted by Crippen LogP contribution is 2.28. The molecule has 0 radical (unpaired) electrons. The van der Waals surface area contributed by atoms with E-state index in [9.17, 15) is 5.11 Å². The molecule has 0 saturated carbocycles. The summed E-state index contributed by atoms with van der Waals surface area (Å²) in [6.07, 6.45) is 0.555. The highest BCUT2D eigenvalue weighted by atomic mass is 127. The van der Waals surface area contributed by atoms with E-state index in [2.05, 4.69) is 29.5 Å². The SMILES string of the molecule is CCC(C)C(O)c1ccc(I)c(Cl)c1. The van der Waals surface area contributed by atoms with Crippen LogP contribution in [0.3, 0.4) is 0 Å². The smallest absolute Gasteiger partial charge is 0.0815 e. The van der Waals surface area contributed by atoms with Crippen molar-refractivity contribution in [2.75, 3.05) is 0 Å². The Morgan fingerprint density at radius 1 is 1.50 bits per heavy atom.